The monoisotopic (exact) mass is 400 g/mol. The highest BCUT2D eigenvalue weighted by molar-refractivity contribution is 5.30. The van der Waals surface area contributed by atoms with E-state index >= 15 is 0 Å². The summed E-state index contributed by atoms with van der Waals surface area (Å²) in [5, 5.41) is 0. The van der Waals surface area contributed by atoms with Crippen LogP contribution in [0.3, 0.4) is 0 Å². The molecule has 3 heterocycles. The van der Waals surface area contributed by atoms with Gasteiger partial charge in [-0.3, -0.25) is 0 Å². The number of hydrogen-bond acceptors (Lipinski definition) is 0. The van der Waals surface area contributed by atoms with E-state index in [4.69, 9.17) is 0 Å². The summed E-state index contributed by atoms with van der Waals surface area (Å²) in [7, 11) is 0. The summed E-state index contributed by atoms with van der Waals surface area (Å²) >= 11 is 0. The van der Waals surface area contributed by atoms with E-state index in [9.17, 15) is 0 Å². The topological polar surface area (TPSA) is 7.76 Å². The zero-order valence-electron chi connectivity index (χ0n) is 18.4. The average molecular weight is 401 g/mol. The van der Waals surface area contributed by atoms with Crippen LogP contribution in [-0.2, 0) is 13.1 Å². The second-order valence-corrected chi connectivity index (χ2v) is 8.30. The second-order valence-electron chi connectivity index (χ2n) is 8.30. The Balaban J connectivity index is 1.54. The Hall–Kier alpha value is -2.58. The van der Waals surface area contributed by atoms with Gasteiger partial charge in [0.05, 0.1) is 11.1 Å². The van der Waals surface area contributed by atoms with Gasteiger partial charge in [-0.2, -0.15) is 0 Å². The van der Waals surface area contributed by atoms with E-state index in [1.807, 2.05) is 0 Å². The Morgan fingerprint density at radius 2 is 0.967 bits per heavy atom. The van der Waals surface area contributed by atoms with Crippen LogP contribution in [0.1, 0.15) is 88.2 Å². The van der Waals surface area contributed by atoms with Crippen molar-refractivity contribution in [1.29, 1.82) is 0 Å². The summed E-state index contributed by atoms with van der Waals surface area (Å²) in [6, 6.07) is 8.50. The number of hydrogen-bond donors (Lipinski definition) is 0. The molecular formula is C28H36N2+2. The average Bonchev–Trinajstić information content (AvgIpc) is 2.77. The van der Waals surface area contributed by atoms with Crippen LogP contribution >= 0.6 is 0 Å². The van der Waals surface area contributed by atoms with Gasteiger partial charge >= 0.3 is 0 Å². The summed E-state index contributed by atoms with van der Waals surface area (Å²) < 4.78 is 4.60. The molecule has 30 heavy (non-hydrogen) atoms. The van der Waals surface area contributed by atoms with Crippen molar-refractivity contribution in [3.8, 4) is 23.7 Å². The first-order chi connectivity index (χ1) is 14.9. The highest BCUT2D eigenvalue weighted by atomic mass is 14.9. The molecule has 1 aliphatic rings. The first-order valence-corrected chi connectivity index (χ1v) is 11.9. The molecule has 1 aliphatic heterocycles. The van der Waals surface area contributed by atoms with Crippen LogP contribution in [0.4, 0.5) is 0 Å². The van der Waals surface area contributed by atoms with Gasteiger partial charge in [0.1, 0.15) is 13.1 Å². The fraction of sp³-hybridized carbons (Fsp3) is 0.500. The van der Waals surface area contributed by atoms with Crippen molar-refractivity contribution in [3.63, 3.8) is 0 Å². The molecule has 0 fully saturated rings. The van der Waals surface area contributed by atoms with Gasteiger partial charge in [-0.25, -0.2) is 9.13 Å². The molecule has 2 aromatic heterocycles. The minimum absolute atomic E-state index is 0.991. The van der Waals surface area contributed by atoms with Gasteiger partial charge in [0, 0.05) is 37.8 Å². The van der Waals surface area contributed by atoms with Crippen molar-refractivity contribution >= 4 is 0 Å². The van der Waals surface area contributed by atoms with Crippen molar-refractivity contribution in [1.82, 2.24) is 0 Å². The van der Waals surface area contributed by atoms with Gasteiger partial charge in [-0.1, -0.05) is 49.4 Å². The Morgan fingerprint density at radius 1 is 0.533 bits per heavy atom. The van der Waals surface area contributed by atoms with Crippen LogP contribution < -0.4 is 9.13 Å². The molecule has 2 heteroatoms. The highest BCUT2D eigenvalue weighted by Crippen LogP contribution is 2.07. The third-order valence-corrected chi connectivity index (χ3v) is 5.62. The van der Waals surface area contributed by atoms with Crippen LogP contribution in [0, 0.1) is 23.7 Å². The van der Waals surface area contributed by atoms with E-state index in [1.165, 1.54) is 64.2 Å². The number of fused-ring (bicyclic) bond motifs is 4. The van der Waals surface area contributed by atoms with E-state index in [1.54, 1.807) is 0 Å². The lowest BCUT2D eigenvalue weighted by Gasteiger charge is -2.01. The molecule has 0 radical (unpaired) electrons. The molecule has 0 spiro atoms. The van der Waals surface area contributed by atoms with Gasteiger partial charge in [-0.15, -0.1) is 0 Å². The zero-order valence-corrected chi connectivity index (χ0v) is 18.4. The molecule has 2 nitrogen and oxygen atoms in total. The maximum Gasteiger partial charge on any atom is 0.184 e. The smallest absolute Gasteiger partial charge is 0.184 e. The van der Waals surface area contributed by atoms with Crippen molar-refractivity contribution in [2.45, 2.75) is 90.1 Å². The van der Waals surface area contributed by atoms with Crippen LogP contribution in [0.15, 0.2) is 49.1 Å². The maximum atomic E-state index is 3.35. The molecule has 0 amide bonds. The first-order valence-electron chi connectivity index (χ1n) is 11.9. The van der Waals surface area contributed by atoms with Crippen LogP contribution in [-0.4, -0.2) is 0 Å². The molecule has 0 N–H and O–H groups in total. The lowest BCUT2D eigenvalue weighted by molar-refractivity contribution is -0.697. The Labute approximate surface area is 183 Å². The standard InChI is InChI=1S/C28H36N2/c1-2-4-8-12-18-28-20-16-24-30(26-28)22-14-10-6-5-9-13-21-29-23-15-19-27(25-29)17-11-7-3-1/h15-16,19-20,23-26H,1-10,13-14,21-22H2/q+2. The quantitative estimate of drug-likeness (QED) is 0.415. The number of pyridine rings is 2. The molecular weight excluding hydrogens is 364 g/mol. The fourth-order valence-corrected chi connectivity index (χ4v) is 3.88. The minimum atomic E-state index is 0.991. The minimum Gasteiger partial charge on any atom is -0.204 e. The van der Waals surface area contributed by atoms with Crippen molar-refractivity contribution < 1.29 is 9.13 Å². The lowest BCUT2D eigenvalue weighted by Crippen LogP contribution is -2.33. The van der Waals surface area contributed by atoms with E-state index in [0.717, 1.165) is 37.1 Å². The molecule has 0 aromatic carbocycles. The summed E-state index contributed by atoms with van der Waals surface area (Å²) in [4.78, 5) is 0. The molecule has 0 unspecified atom stereocenters. The highest BCUT2D eigenvalue weighted by Gasteiger charge is 2.03. The Bertz CT molecular complexity index is 816. The molecule has 156 valence electrons. The Morgan fingerprint density at radius 3 is 1.47 bits per heavy atom. The van der Waals surface area contributed by atoms with Gasteiger partial charge in [0.15, 0.2) is 24.8 Å². The SMILES string of the molecule is C1#Cc2ccc[n+](c2)CCCCCCCC[n+]2cccc(c2)C#CCCCCCC1. The fourth-order valence-electron chi connectivity index (χ4n) is 3.88. The molecule has 0 saturated heterocycles. The van der Waals surface area contributed by atoms with Crippen molar-refractivity contribution in [3.05, 3.63) is 60.2 Å². The van der Waals surface area contributed by atoms with E-state index in [0.29, 0.717) is 0 Å². The first kappa shape index (κ1) is 22.1. The maximum absolute atomic E-state index is 3.35. The number of aryl methyl sites for hydroxylation is 2. The predicted octanol–water partition coefficient (Wildman–Crippen LogP) is 5.36. The molecule has 0 atom stereocenters. The summed E-state index contributed by atoms with van der Waals surface area (Å²) in [5.41, 5.74) is 2.28. The summed E-state index contributed by atoms with van der Waals surface area (Å²) in [5.74, 6) is 13.4. The van der Waals surface area contributed by atoms with Crippen LogP contribution in [0.5, 0.6) is 0 Å². The summed E-state index contributed by atoms with van der Waals surface area (Å²) in [6.45, 7) is 2.19. The van der Waals surface area contributed by atoms with Crippen LogP contribution in [0.2, 0.25) is 0 Å². The van der Waals surface area contributed by atoms with E-state index in [2.05, 4.69) is 81.9 Å². The molecule has 3 rings (SSSR count). The molecule has 2 aromatic rings. The normalized spacial score (nSPS) is 16.8. The van der Waals surface area contributed by atoms with Crippen LogP contribution in [0.25, 0.3) is 0 Å². The van der Waals surface area contributed by atoms with E-state index < -0.39 is 0 Å². The summed E-state index contributed by atoms with van der Waals surface area (Å²) in [6.07, 6.45) is 23.4. The molecule has 4 bridgehead atoms. The zero-order chi connectivity index (χ0) is 20.7. The van der Waals surface area contributed by atoms with E-state index in [-0.39, 0.29) is 0 Å². The van der Waals surface area contributed by atoms with Crippen molar-refractivity contribution in [2.75, 3.05) is 0 Å². The Kier molecular flexibility index (Phi) is 10.0. The predicted molar refractivity (Wildman–Crippen MR) is 122 cm³/mol. The third-order valence-electron chi connectivity index (χ3n) is 5.62. The largest absolute Gasteiger partial charge is 0.204 e. The van der Waals surface area contributed by atoms with Gasteiger partial charge in [0.25, 0.3) is 0 Å². The number of nitrogens with zero attached hydrogens (tertiary/aromatic N) is 2. The van der Waals surface area contributed by atoms with Crippen molar-refractivity contribution in [2.24, 2.45) is 0 Å². The van der Waals surface area contributed by atoms with Gasteiger partial charge in [0.2, 0.25) is 0 Å². The van der Waals surface area contributed by atoms with Gasteiger partial charge < -0.3 is 0 Å². The molecule has 0 aliphatic carbocycles. The lowest BCUT2D eigenvalue weighted by atomic mass is 10.1. The third kappa shape index (κ3) is 8.84. The second kappa shape index (κ2) is 13.6. The molecule has 0 saturated carbocycles. The number of aromatic nitrogens is 2. The van der Waals surface area contributed by atoms with Gasteiger partial charge in [-0.05, 0) is 37.8 Å². The number of rotatable bonds is 0.